The van der Waals surface area contributed by atoms with Crippen molar-refractivity contribution in [1.29, 1.82) is 0 Å². The first-order chi connectivity index (χ1) is 9.32. The molecule has 0 spiro atoms. The molecule has 0 amide bonds. The molecule has 0 unspecified atom stereocenters. The number of methoxy groups -OCH3 is 1. The largest absolute Gasteiger partial charge is 0.496 e. The number of carboxylic acids is 1. The van der Waals surface area contributed by atoms with E-state index in [1.807, 2.05) is 0 Å². The van der Waals surface area contributed by atoms with E-state index < -0.39 is 22.7 Å². The van der Waals surface area contributed by atoms with Crippen LogP contribution in [0.5, 0.6) is 5.75 Å². The Hall–Kier alpha value is -1.67. The summed E-state index contributed by atoms with van der Waals surface area (Å²) in [4.78, 5) is 10.7. The number of sulfonamides is 1. The van der Waals surface area contributed by atoms with Crippen LogP contribution in [0.2, 0.25) is 0 Å². The van der Waals surface area contributed by atoms with Crippen molar-refractivity contribution in [1.82, 2.24) is 4.31 Å². The first kappa shape index (κ1) is 16.4. The van der Waals surface area contributed by atoms with E-state index in [4.69, 9.17) is 9.84 Å². The number of nitrogens with zero attached hydrogens (tertiary/aromatic N) is 1. The van der Waals surface area contributed by atoms with Gasteiger partial charge in [-0.15, -0.1) is 0 Å². The van der Waals surface area contributed by atoms with Crippen LogP contribution in [0.3, 0.4) is 0 Å². The average molecular weight is 305 g/mol. The van der Waals surface area contributed by atoms with E-state index in [9.17, 15) is 17.6 Å². The van der Waals surface area contributed by atoms with Gasteiger partial charge in [-0.3, -0.25) is 4.79 Å². The molecular weight excluding hydrogens is 289 g/mol. The third-order valence-corrected chi connectivity index (χ3v) is 4.55. The molecule has 0 saturated heterocycles. The van der Waals surface area contributed by atoms with E-state index in [2.05, 4.69) is 0 Å². The van der Waals surface area contributed by atoms with Gasteiger partial charge >= 0.3 is 5.97 Å². The van der Waals surface area contributed by atoms with Gasteiger partial charge in [0.25, 0.3) is 0 Å². The lowest BCUT2D eigenvalue weighted by atomic mass is 10.1. The summed E-state index contributed by atoms with van der Waals surface area (Å²) in [7, 11) is -1.21. The Kier molecular flexibility index (Phi) is 5.46. The first-order valence-corrected chi connectivity index (χ1v) is 7.18. The molecule has 0 saturated carbocycles. The molecule has 0 aliphatic heterocycles. The number of benzene rings is 1. The maximum atomic E-state index is 12.3. The Labute approximate surface area is 116 Å². The summed E-state index contributed by atoms with van der Waals surface area (Å²) in [6, 6.07) is 3.92. The molecule has 0 atom stereocenters. The molecular formula is C12H16FNO5S. The Morgan fingerprint density at radius 1 is 1.45 bits per heavy atom. The molecule has 112 valence electrons. The van der Waals surface area contributed by atoms with Gasteiger partial charge in [-0.05, 0) is 18.2 Å². The average Bonchev–Trinajstić information content (AvgIpc) is 2.38. The zero-order valence-electron chi connectivity index (χ0n) is 11.2. The van der Waals surface area contributed by atoms with Crippen LogP contribution in [0.15, 0.2) is 23.1 Å². The van der Waals surface area contributed by atoms with Crippen LogP contribution in [0.1, 0.15) is 5.56 Å². The second kappa shape index (κ2) is 6.67. The fourth-order valence-electron chi connectivity index (χ4n) is 1.64. The second-order valence-corrected chi connectivity index (χ2v) is 6.10. The number of rotatable bonds is 7. The van der Waals surface area contributed by atoms with Gasteiger partial charge < -0.3 is 9.84 Å². The van der Waals surface area contributed by atoms with E-state index in [0.717, 1.165) is 4.31 Å². The third kappa shape index (κ3) is 3.67. The number of hydrogen-bond acceptors (Lipinski definition) is 4. The molecule has 0 fully saturated rings. The van der Waals surface area contributed by atoms with Gasteiger partial charge in [-0.1, -0.05) is 0 Å². The zero-order chi connectivity index (χ0) is 15.3. The minimum absolute atomic E-state index is 0.0921. The van der Waals surface area contributed by atoms with Crippen molar-refractivity contribution < 1.29 is 27.4 Å². The van der Waals surface area contributed by atoms with Crippen LogP contribution in [-0.2, 0) is 21.2 Å². The second-order valence-electron chi connectivity index (χ2n) is 4.06. The van der Waals surface area contributed by atoms with Crippen molar-refractivity contribution in [2.45, 2.75) is 11.3 Å². The molecule has 1 rings (SSSR count). The quantitative estimate of drug-likeness (QED) is 0.809. The summed E-state index contributed by atoms with van der Waals surface area (Å²) in [5.41, 5.74) is 0.245. The standard InChI is InChI=1S/C12H16FNO5S/c1-14(6-5-13)20(17,18)10-3-4-11(19-2)9(7-10)8-12(15)16/h3-4,7H,5-6,8H2,1-2H3,(H,15,16). The Balaban J connectivity index is 3.23. The molecule has 0 radical (unpaired) electrons. The predicted molar refractivity (Wildman–Crippen MR) is 70.1 cm³/mol. The smallest absolute Gasteiger partial charge is 0.307 e. The van der Waals surface area contributed by atoms with Crippen molar-refractivity contribution in [3.05, 3.63) is 23.8 Å². The summed E-state index contributed by atoms with van der Waals surface area (Å²) < 4.78 is 42.4. The van der Waals surface area contributed by atoms with E-state index in [-0.39, 0.29) is 23.4 Å². The molecule has 8 heteroatoms. The molecule has 0 bridgehead atoms. The normalized spacial score (nSPS) is 11.6. The van der Waals surface area contributed by atoms with Gasteiger partial charge in [-0.25, -0.2) is 12.8 Å². The molecule has 1 N–H and O–H groups in total. The zero-order valence-corrected chi connectivity index (χ0v) is 12.0. The van der Waals surface area contributed by atoms with Crippen molar-refractivity contribution in [3.8, 4) is 5.75 Å². The highest BCUT2D eigenvalue weighted by atomic mass is 32.2. The van der Waals surface area contributed by atoms with Crippen molar-refractivity contribution >= 4 is 16.0 Å². The minimum atomic E-state index is -3.84. The number of hydrogen-bond donors (Lipinski definition) is 1. The van der Waals surface area contributed by atoms with Crippen LogP contribution in [0.25, 0.3) is 0 Å². The first-order valence-electron chi connectivity index (χ1n) is 5.74. The Morgan fingerprint density at radius 3 is 2.60 bits per heavy atom. The predicted octanol–water partition coefficient (Wildman–Crippen LogP) is 0.912. The van der Waals surface area contributed by atoms with Crippen molar-refractivity contribution in [3.63, 3.8) is 0 Å². The Morgan fingerprint density at radius 2 is 2.10 bits per heavy atom. The van der Waals surface area contributed by atoms with Crippen LogP contribution in [0.4, 0.5) is 4.39 Å². The lowest BCUT2D eigenvalue weighted by Crippen LogP contribution is -2.29. The van der Waals surface area contributed by atoms with Gasteiger partial charge in [0, 0.05) is 19.2 Å². The molecule has 6 nitrogen and oxygen atoms in total. The number of ether oxygens (including phenoxy) is 1. The van der Waals surface area contributed by atoms with Crippen LogP contribution in [0, 0.1) is 0 Å². The van der Waals surface area contributed by atoms with E-state index in [1.165, 1.54) is 32.4 Å². The summed E-state index contributed by atoms with van der Waals surface area (Å²) in [6.45, 7) is -1.06. The van der Waals surface area contributed by atoms with Crippen LogP contribution < -0.4 is 4.74 Å². The van der Waals surface area contributed by atoms with Gasteiger partial charge in [0.2, 0.25) is 10.0 Å². The number of alkyl halides is 1. The summed E-state index contributed by atoms with van der Waals surface area (Å²) in [5, 5.41) is 8.81. The highest BCUT2D eigenvalue weighted by molar-refractivity contribution is 7.89. The summed E-state index contributed by atoms with van der Waals surface area (Å²) in [6.07, 6.45) is -0.362. The molecule has 0 aromatic heterocycles. The fraction of sp³-hybridized carbons (Fsp3) is 0.417. The highest BCUT2D eigenvalue weighted by Gasteiger charge is 2.22. The van der Waals surface area contributed by atoms with E-state index in [0.29, 0.717) is 5.75 Å². The van der Waals surface area contributed by atoms with Gasteiger partial charge in [-0.2, -0.15) is 4.31 Å². The molecule has 1 aromatic rings. The summed E-state index contributed by atoms with van der Waals surface area (Å²) in [5.74, 6) is -0.811. The van der Waals surface area contributed by atoms with Crippen LogP contribution in [-0.4, -0.2) is 51.2 Å². The third-order valence-electron chi connectivity index (χ3n) is 2.70. The molecule has 20 heavy (non-hydrogen) atoms. The van der Waals surface area contributed by atoms with Crippen molar-refractivity contribution in [2.24, 2.45) is 0 Å². The van der Waals surface area contributed by atoms with Gasteiger partial charge in [0.15, 0.2) is 0 Å². The highest BCUT2D eigenvalue weighted by Crippen LogP contribution is 2.24. The number of carbonyl (C=O) groups is 1. The lowest BCUT2D eigenvalue weighted by Gasteiger charge is -2.16. The Bertz CT molecular complexity index is 588. The maximum absolute atomic E-state index is 12.3. The molecule has 0 aliphatic rings. The summed E-state index contributed by atoms with van der Waals surface area (Å²) >= 11 is 0. The van der Waals surface area contributed by atoms with E-state index in [1.54, 1.807) is 0 Å². The number of carboxylic acid groups (broad SMARTS) is 1. The number of aliphatic carboxylic acids is 1. The molecule has 0 aliphatic carbocycles. The van der Waals surface area contributed by atoms with Gasteiger partial charge in [0.1, 0.15) is 12.4 Å². The SMILES string of the molecule is COc1ccc(S(=O)(=O)N(C)CCF)cc1CC(=O)O. The topological polar surface area (TPSA) is 83.9 Å². The minimum Gasteiger partial charge on any atom is -0.496 e. The maximum Gasteiger partial charge on any atom is 0.307 e. The fourth-order valence-corrected chi connectivity index (χ4v) is 2.84. The van der Waals surface area contributed by atoms with E-state index >= 15 is 0 Å². The van der Waals surface area contributed by atoms with Crippen LogP contribution >= 0.6 is 0 Å². The van der Waals surface area contributed by atoms with Crippen molar-refractivity contribution in [2.75, 3.05) is 27.4 Å². The monoisotopic (exact) mass is 305 g/mol. The number of halogens is 1. The van der Waals surface area contributed by atoms with Gasteiger partial charge in [0.05, 0.1) is 18.4 Å². The molecule has 0 heterocycles. The lowest BCUT2D eigenvalue weighted by molar-refractivity contribution is -0.136. The molecule has 1 aromatic carbocycles.